The highest BCUT2D eigenvalue weighted by Gasteiger charge is 2.66. The van der Waals surface area contributed by atoms with E-state index in [0.29, 0.717) is 17.0 Å². The molecule has 0 bridgehead atoms. The Balaban J connectivity index is 0.00000218. The highest BCUT2D eigenvalue weighted by atomic mass is 16.1. The Morgan fingerprint density at radius 2 is 1.87 bits per heavy atom. The molecule has 1 saturated carbocycles. The lowest BCUT2D eigenvalue weighted by atomic mass is 9.93. The van der Waals surface area contributed by atoms with Crippen molar-refractivity contribution in [3.8, 4) is 0 Å². The van der Waals surface area contributed by atoms with Crippen LogP contribution in [0.2, 0.25) is 0 Å². The summed E-state index contributed by atoms with van der Waals surface area (Å²) in [6, 6.07) is 0. The second-order valence-electron chi connectivity index (χ2n) is 8.45. The summed E-state index contributed by atoms with van der Waals surface area (Å²) in [5, 5.41) is 0. The Morgan fingerprint density at radius 3 is 2.37 bits per heavy atom. The molecule has 0 spiro atoms. The second kappa shape index (κ2) is 10.7. The summed E-state index contributed by atoms with van der Waals surface area (Å²) < 4.78 is 0. The predicted octanol–water partition coefficient (Wildman–Crippen LogP) is 7.51. The summed E-state index contributed by atoms with van der Waals surface area (Å²) >= 11 is 0. The van der Waals surface area contributed by atoms with Gasteiger partial charge in [-0.15, -0.1) is 0 Å². The molecule has 0 aliphatic heterocycles. The van der Waals surface area contributed by atoms with Crippen molar-refractivity contribution < 1.29 is 0 Å². The van der Waals surface area contributed by atoms with Crippen LogP contribution in [0, 0.1) is 23.7 Å². The zero-order chi connectivity index (χ0) is 23.1. The van der Waals surface area contributed by atoms with Crippen molar-refractivity contribution in [1.82, 2.24) is 9.97 Å². The van der Waals surface area contributed by atoms with Gasteiger partial charge in [0.25, 0.3) is 5.56 Å². The second-order valence-corrected chi connectivity index (χ2v) is 8.45. The van der Waals surface area contributed by atoms with Gasteiger partial charge in [0.2, 0.25) is 0 Å². The topological polar surface area (TPSA) is 45.8 Å². The first-order valence-electron chi connectivity index (χ1n) is 11.4. The third-order valence-corrected chi connectivity index (χ3v) is 6.85. The quantitative estimate of drug-likeness (QED) is 0.356. The van der Waals surface area contributed by atoms with Gasteiger partial charge >= 0.3 is 0 Å². The van der Waals surface area contributed by atoms with Crippen molar-refractivity contribution in [2.75, 3.05) is 0 Å². The van der Waals surface area contributed by atoms with E-state index < -0.39 is 0 Å². The zero-order valence-corrected chi connectivity index (χ0v) is 20.6. The van der Waals surface area contributed by atoms with Crippen molar-refractivity contribution in [2.24, 2.45) is 16.7 Å². The number of hydrogen-bond donors (Lipinski definition) is 1. The predicted molar refractivity (Wildman–Crippen MR) is 132 cm³/mol. The van der Waals surface area contributed by atoms with Gasteiger partial charge in [-0.05, 0) is 68.4 Å². The average molecular weight is 411 g/mol. The standard InChI is InChI=1S/C25H36N2O.C2H6/c1-9-12-16-25(8)21(24(25,7)11-3)15-13-14-20-22(19(10-2)17(4)5)26-18(6)23(28)27-20;1-2/h10,12-14,16,21H,4,9,11,15H2,1-3,5-8H3,(H,27,28);1-2H3/b14-13-,16-12?,19-10-;. The van der Waals surface area contributed by atoms with Gasteiger partial charge < -0.3 is 4.98 Å². The summed E-state index contributed by atoms with van der Waals surface area (Å²) in [5.74, 6) is 0.611. The molecule has 3 nitrogen and oxygen atoms in total. The minimum atomic E-state index is -0.138. The van der Waals surface area contributed by atoms with Crippen LogP contribution in [0.3, 0.4) is 0 Å². The van der Waals surface area contributed by atoms with Gasteiger partial charge in [0.1, 0.15) is 5.69 Å². The lowest BCUT2D eigenvalue weighted by molar-refractivity contribution is 0.432. The Bertz CT molecular complexity index is 887. The number of nitrogens with one attached hydrogen (secondary N) is 1. The van der Waals surface area contributed by atoms with Crippen molar-refractivity contribution in [2.45, 2.75) is 81.6 Å². The number of hydrogen-bond acceptors (Lipinski definition) is 2. The van der Waals surface area contributed by atoms with Crippen LogP contribution in [-0.4, -0.2) is 9.97 Å². The first-order chi connectivity index (χ1) is 14.2. The molecule has 3 heteroatoms. The lowest BCUT2D eigenvalue weighted by Gasteiger charge is -2.11. The van der Waals surface area contributed by atoms with E-state index in [-0.39, 0.29) is 11.0 Å². The summed E-state index contributed by atoms with van der Waals surface area (Å²) in [4.78, 5) is 19.7. The maximum absolute atomic E-state index is 12.1. The minimum Gasteiger partial charge on any atom is -0.319 e. The van der Waals surface area contributed by atoms with Crippen LogP contribution in [0.15, 0.2) is 41.3 Å². The third kappa shape index (κ3) is 4.94. The van der Waals surface area contributed by atoms with Crippen LogP contribution < -0.4 is 5.56 Å². The van der Waals surface area contributed by atoms with Gasteiger partial charge in [-0.2, -0.15) is 0 Å². The molecule has 1 aromatic heterocycles. The molecule has 0 saturated heterocycles. The zero-order valence-electron chi connectivity index (χ0n) is 20.6. The largest absolute Gasteiger partial charge is 0.319 e. The molecule has 0 aromatic carbocycles. The minimum absolute atomic E-state index is 0.138. The highest BCUT2D eigenvalue weighted by Crippen LogP contribution is 2.72. The normalized spacial score (nSPS) is 26.0. The van der Waals surface area contributed by atoms with Crippen molar-refractivity contribution >= 4 is 11.6 Å². The number of aromatic nitrogens is 2. The number of nitrogens with zero attached hydrogens (tertiary/aromatic N) is 1. The first kappa shape index (κ1) is 25.9. The SMILES string of the molecule is C=C(C)/C(=C/C)c1nc(C)c(=O)[nH]c1/C=C\CC1C(C)(C=CCC)C1(C)CC.CC. The van der Waals surface area contributed by atoms with Gasteiger partial charge in [-0.25, -0.2) is 4.98 Å². The average Bonchev–Trinajstić information content (AvgIpc) is 3.20. The molecule has 30 heavy (non-hydrogen) atoms. The molecule has 1 aromatic rings. The summed E-state index contributed by atoms with van der Waals surface area (Å²) in [7, 11) is 0. The van der Waals surface area contributed by atoms with E-state index in [0.717, 1.165) is 35.4 Å². The molecule has 2 rings (SSSR count). The molecular formula is C27H42N2O. The molecule has 3 atom stereocenters. The van der Waals surface area contributed by atoms with Gasteiger partial charge in [0.15, 0.2) is 0 Å². The van der Waals surface area contributed by atoms with Crippen LogP contribution in [-0.2, 0) is 0 Å². The fourth-order valence-electron chi connectivity index (χ4n) is 4.61. The van der Waals surface area contributed by atoms with Crippen molar-refractivity contribution in [1.29, 1.82) is 0 Å². The van der Waals surface area contributed by atoms with Crippen LogP contribution >= 0.6 is 0 Å². The van der Waals surface area contributed by atoms with E-state index in [1.807, 2.05) is 39.8 Å². The smallest absolute Gasteiger partial charge is 0.269 e. The Labute approximate surface area is 184 Å². The van der Waals surface area contributed by atoms with E-state index in [4.69, 9.17) is 0 Å². The molecule has 1 N–H and O–H groups in total. The molecule has 1 fully saturated rings. The van der Waals surface area contributed by atoms with Gasteiger partial charge in [-0.1, -0.05) is 72.4 Å². The van der Waals surface area contributed by atoms with Gasteiger partial charge in [0, 0.05) is 5.57 Å². The van der Waals surface area contributed by atoms with Gasteiger partial charge in [0.05, 0.1) is 11.4 Å². The number of aromatic amines is 1. The Kier molecular flexibility index (Phi) is 9.27. The first-order valence-corrected chi connectivity index (χ1v) is 11.4. The van der Waals surface area contributed by atoms with Crippen LogP contribution in [0.25, 0.3) is 11.6 Å². The number of rotatable bonds is 8. The molecular weight excluding hydrogens is 368 g/mol. The van der Waals surface area contributed by atoms with Crippen LogP contribution in [0.5, 0.6) is 0 Å². The van der Waals surface area contributed by atoms with E-state index in [9.17, 15) is 4.79 Å². The number of allylic oxidation sites excluding steroid dienone is 6. The van der Waals surface area contributed by atoms with Crippen molar-refractivity contribution in [3.63, 3.8) is 0 Å². The molecule has 1 heterocycles. The molecule has 166 valence electrons. The molecule has 1 aliphatic rings. The number of H-pyrrole nitrogens is 1. The molecule has 0 amide bonds. The monoisotopic (exact) mass is 410 g/mol. The third-order valence-electron chi connectivity index (χ3n) is 6.85. The Hall–Kier alpha value is -2.16. The summed E-state index contributed by atoms with van der Waals surface area (Å²) in [6.07, 6.45) is 14.2. The fourth-order valence-corrected chi connectivity index (χ4v) is 4.61. The van der Waals surface area contributed by atoms with Crippen LogP contribution in [0.1, 0.15) is 91.7 Å². The fraction of sp³-hybridized carbons (Fsp3) is 0.556. The lowest BCUT2D eigenvalue weighted by Crippen LogP contribution is -2.16. The molecule has 1 aliphatic carbocycles. The summed E-state index contributed by atoms with van der Waals surface area (Å²) in [6.45, 7) is 23.0. The maximum Gasteiger partial charge on any atom is 0.269 e. The van der Waals surface area contributed by atoms with E-state index in [1.54, 1.807) is 6.92 Å². The van der Waals surface area contributed by atoms with Crippen molar-refractivity contribution in [3.05, 3.63) is 63.9 Å². The maximum atomic E-state index is 12.1. The van der Waals surface area contributed by atoms with Crippen LogP contribution in [0.4, 0.5) is 0 Å². The molecule has 3 unspecified atom stereocenters. The van der Waals surface area contributed by atoms with E-state index in [2.05, 4.69) is 62.5 Å². The van der Waals surface area contributed by atoms with E-state index >= 15 is 0 Å². The highest BCUT2D eigenvalue weighted by molar-refractivity contribution is 5.79. The van der Waals surface area contributed by atoms with E-state index in [1.165, 1.54) is 6.42 Å². The molecule has 0 radical (unpaired) electrons. The Morgan fingerprint density at radius 1 is 1.23 bits per heavy atom. The van der Waals surface area contributed by atoms with Gasteiger partial charge in [-0.3, -0.25) is 4.79 Å². The number of aryl methyl sites for hydroxylation is 1. The summed E-state index contributed by atoms with van der Waals surface area (Å²) in [5.41, 5.74) is 4.38.